The lowest BCUT2D eigenvalue weighted by molar-refractivity contribution is 0.134. The maximum Gasteiger partial charge on any atom is 0.0812 e. The Morgan fingerprint density at radius 3 is 2.79 bits per heavy atom. The Bertz CT molecular complexity index is 320. The van der Waals surface area contributed by atoms with Gasteiger partial charge in [0.1, 0.15) is 0 Å². The van der Waals surface area contributed by atoms with Crippen LogP contribution in [0.2, 0.25) is 0 Å². The number of aliphatic hydroxyl groups excluding tert-OH is 2. The SMILES string of the molecule is OCCC(O)c1ccc2c(c1)CCC2. The van der Waals surface area contributed by atoms with Crippen LogP contribution in [0.25, 0.3) is 0 Å². The summed E-state index contributed by atoms with van der Waals surface area (Å²) < 4.78 is 0. The zero-order chi connectivity index (χ0) is 9.97. The summed E-state index contributed by atoms with van der Waals surface area (Å²) in [6, 6.07) is 6.17. The van der Waals surface area contributed by atoms with E-state index in [1.807, 2.05) is 6.07 Å². The van der Waals surface area contributed by atoms with Gasteiger partial charge in [0.2, 0.25) is 0 Å². The van der Waals surface area contributed by atoms with Crippen LogP contribution in [0.1, 0.15) is 35.6 Å². The van der Waals surface area contributed by atoms with Gasteiger partial charge in [0.15, 0.2) is 0 Å². The number of aliphatic hydroxyl groups is 2. The topological polar surface area (TPSA) is 40.5 Å². The summed E-state index contributed by atoms with van der Waals surface area (Å²) in [5.41, 5.74) is 3.74. The van der Waals surface area contributed by atoms with Gasteiger partial charge in [-0.1, -0.05) is 18.2 Å². The smallest absolute Gasteiger partial charge is 0.0812 e. The van der Waals surface area contributed by atoms with Crippen molar-refractivity contribution >= 4 is 0 Å². The standard InChI is InChI=1S/C12H16O2/c13-7-6-12(14)11-5-4-9-2-1-3-10(9)8-11/h4-5,8,12-14H,1-3,6-7H2. The summed E-state index contributed by atoms with van der Waals surface area (Å²) in [5, 5.41) is 18.4. The van der Waals surface area contributed by atoms with Gasteiger partial charge in [0.05, 0.1) is 6.10 Å². The highest BCUT2D eigenvalue weighted by Gasteiger charge is 2.13. The van der Waals surface area contributed by atoms with E-state index in [1.165, 1.54) is 24.0 Å². The van der Waals surface area contributed by atoms with Crippen LogP contribution in [-0.4, -0.2) is 16.8 Å². The van der Waals surface area contributed by atoms with Crippen molar-refractivity contribution in [2.45, 2.75) is 31.8 Å². The van der Waals surface area contributed by atoms with E-state index < -0.39 is 6.10 Å². The molecule has 1 aromatic carbocycles. The van der Waals surface area contributed by atoms with Crippen molar-refractivity contribution in [2.24, 2.45) is 0 Å². The van der Waals surface area contributed by atoms with Gasteiger partial charge in [-0.2, -0.15) is 0 Å². The minimum absolute atomic E-state index is 0.0399. The van der Waals surface area contributed by atoms with Crippen LogP contribution < -0.4 is 0 Å². The quantitative estimate of drug-likeness (QED) is 0.763. The van der Waals surface area contributed by atoms with Crippen LogP contribution >= 0.6 is 0 Å². The second-order valence-corrected chi connectivity index (χ2v) is 3.91. The number of hydrogen-bond acceptors (Lipinski definition) is 2. The molecule has 1 aliphatic carbocycles. The van der Waals surface area contributed by atoms with E-state index in [4.69, 9.17) is 5.11 Å². The van der Waals surface area contributed by atoms with Crippen molar-refractivity contribution in [3.63, 3.8) is 0 Å². The molecule has 14 heavy (non-hydrogen) atoms. The second-order valence-electron chi connectivity index (χ2n) is 3.91. The van der Waals surface area contributed by atoms with E-state index in [-0.39, 0.29) is 6.61 Å². The molecule has 1 unspecified atom stereocenters. The molecule has 2 N–H and O–H groups in total. The molecule has 1 aliphatic rings. The van der Waals surface area contributed by atoms with Crippen LogP contribution in [0.3, 0.4) is 0 Å². The highest BCUT2D eigenvalue weighted by atomic mass is 16.3. The fourth-order valence-electron chi connectivity index (χ4n) is 2.09. The Hall–Kier alpha value is -0.860. The van der Waals surface area contributed by atoms with Gasteiger partial charge in [-0.25, -0.2) is 0 Å². The Labute approximate surface area is 84.2 Å². The molecule has 0 saturated carbocycles. The van der Waals surface area contributed by atoms with E-state index in [2.05, 4.69) is 12.1 Å². The van der Waals surface area contributed by atoms with E-state index >= 15 is 0 Å². The minimum Gasteiger partial charge on any atom is -0.396 e. The number of hydrogen-bond donors (Lipinski definition) is 2. The molecule has 0 aliphatic heterocycles. The molecule has 76 valence electrons. The molecule has 0 spiro atoms. The molecule has 0 fully saturated rings. The molecular weight excluding hydrogens is 176 g/mol. The molecule has 1 atom stereocenters. The summed E-state index contributed by atoms with van der Waals surface area (Å²) in [4.78, 5) is 0. The highest BCUT2D eigenvalue weighted by Crippen LogP contribution is 2.26. The van der Waals surface area contributed by atoms with Crippen molar-refractivity contribution in [3.05, 3.63) is 34.9 Å². The minimum atomic E-state index is -0.508. The molecule has 2 rings (SSSR count). The Kier molecular flexibility index (Phi) is 2.85. The van der Waals surface area contributed by atoms with Crippen LogP contribution in [0.4, 0.5) is 0 Å². The van der Waals surface area contributed by atoms with E-state index in [9.17, 15) is 5.11 Å². The third kappa shape index (κ3) is 1.81. The van der Waals surface area contributed by atoms with Gasteiger partial charge >= 0.3 is 0 Å². The first-order valence-electron chi connectivity index (χ1n) is 5.22. The molecule has 0 aromatic heterocycles. The summed E-state index contributed by atoms with van der Waals surface area (Å²) in [7, 11) is 0. The number of aryl methyl sites for hydroxylation is 2. The van der Waals surface area contributed by atoms with Crippen LogP contribution in [0.15, 0.2) is 18.2 Å². The maximum atomic E-state index is 9.69. The molecule has 0 saturated heterocycles. The van der Waals surface area contributed by atoms with E-state index in [0.717, 1.165) is 12.0 Å². The first-order chi connectivity index (χ1) is 6.81. The third-order valence-electron chi connectivity index (χ3n) is 2.91. The van der Waals surface area contributed by atoms with Gasteiger partial charge in [-0.3, -0.25) is 0 Å². The van der Waals surface area contributed by atoms with Crippen molar-refractivity contribution in [1.29, 1.82) is 0 Å². The first kappa shape index (κ1) is 9.69. The molecule has 0 amide bonds. The first-order valence-corrected chi connectivity index (χ1v) is 5.22. The van der Waals surface area contributed by atoms with Crippen molar-refractivity contribution < 1.29 is 10.2 Å². The zero-order valence-corrected chi connectivity index (χ0v) is 8.24. The van der Waals surface area contributed by atoms with Crippen LogP contribution in [-0.2, 0) is 12.8 Å². The fraction of sp³-hybridized carbons (Fsp3) is 0.500. The number of rotatable bonds is 3. The molecule has 0 bridgehead atoms. The fourth-order valence-corrected chi connectivity index (χ4v) is 2.09. The largest absolute Gasteiger partial charge is 0.396 e. The summed E-state index contributed by atoms with van der Waals surface area (Å²) in [5.74, 6) is 0. The molecule has 0 heterocycles. The highest BCUT2D eigenvalue weighted by molar-refractivity contribution is 5.36. The molecular formula is C12H16O2. The average molecular weight is 192 g/mol. The van der Waals surface area contributed by atoms with Gasteiger partial charge in [-0.15, -0.1) is 0 Å². The summed E-state index contributed by atoms with van der Waals surface area (Å²) in [6.45, 7) is 0.0399. The van der Waals surface area contributed by atoms with Gasteiger partial charge in [0, 0.05) is 13.0 Å². The van der Waals surface area contributed by atoms with Gasteiger partial charge in [0.25, 0.3) is 0 Å². The Morgan fingerprint density at radius 1 is 1.21 bits per heavy atom. The Morgan fingerprint density at radius 2 is 2.00 bits per heavy atom. The monoisotopic (exact) mass is 192 g/mol. The normalized spacial score (nSPS) is 16.7. The van der Waals surface area contributed by atoms with Crippen LogP contribution in [0.5, 0.6) is 0 Å². The summed E-state index contributed by atoms with van der Waals surface area (Å²) >= 11 is 0. The predicted octanol–water partition coefficient (Wildman–Crippen LogP) is 1.59. The van der Waals surface area contributed by atoms with Crippen molar-refractivity contribution in [2.75, 3.05) is 6.61 Å². The molecule has 0 radical (unpaired) electrons. The van der Waals surface area contributed by atoms with E-state index in [1.54, 1.807) is 0 Å². The zero-order valence-electron chi connectivity index (χ0n) is 8.24. The third-order valence-corrected chi connectivity index (χ3v) is 2.91. The lowest BCUT2D eigenvalue weighted by Gasteiger charge is -2.10. The number of benzene rings is 1. The van der Waals surface area contributed by atoms with E-state index in [0.29, 0.717) is 6.42 Å². The summed E-state index contributed by atoms with van der Waals surface area (Å²) in [6.07, 6.45) is 3.46. The van der Waals surface area contributed by atoms with Crippen molar-refractivity contribution in [1.82, 2.24) is 0 Å². The predicted molar refractivity (Wildman–Crippen MR) is 55.1 cm³/mol. The lowest BCUT2D eigenvalue weighted by Crippen LogP contribution is -2.00. The van der Waals surface area contributed by atoms with Crippen LogP contribution in [0, 0.1) is 0 Å². The maximum absolute atomic E-state index is 9.69. The molecule has 1 aromatic rings. The number of fused-ring (bicyclic) bond motifs is 1. The second kappa shape index (κ2) is 4.11. The Balaban J connectivity index is 2.19. The van der Waals surface area contributed by atoms with Gasteiger partial charge < -0.3 is 10.2 Å². The van der Waals surface area contributed by atoms with Crippen molar-refractivity contribution in [3.8, 4) is 0 Å². The van der Waals surface area contributed by atoms with Gasteiger partial charge in [-0.05, 0) is 36.0 Å². The lowest BCUT2D eigenvalue weighted by atomic mass is 10.0. The molecule has 2 heteroatoms. The molecule has 2 nitrogen and oxygen atoms in total. The average Bonchev–Trinajstić information content (AvgIpc) is 2.64.